The van der Waals surface area contributed by atoms with Gasteiger partial charge in [0.05, 0.1) is 0 Å². The summed E-state index contributed by atoms with van der Waals surface area (Å²) in [6.45, 7) is 3.13. The molecule has 3 atom stereocenters. The van der Waals surface area contributed by atoms with Crippen molar-refractivity contribution in [1.29, 1.82) is 0 Å². The van der Waals surface area contributed by atoms with E-state index in [4.69, 9.17) is 11.6 Å². The molecule has 2 aliphatic rings. The molecule has 0 amide bonds. The average Bonchev–Trinajstić information content (AvgIpc) is 2.94. The molecule has 0 aromatic heterocycles. The van der Waals surface area contributed by atoms with Gasteiger partial charge in [-0.1, -0.05) is 18.0 Å². The minimum Gasteiger partial charge on any atom is -0.384 e. The summed E-state index contributed by atoms with van der Waals surface area (Å²) in [5.74, 6) is 2.87. The van der Waals surface area contributed by atoms with Gasteiger partial charge in [-0.05, 0) is 77.6 Å². The van der Waals surface area contributed by atoms with Crippen LogP contribution in [0.1, 0.15) is 31.2 Å². The number of benzene rings is 1. The van der Waals surface area contributed by atoms with Gasteiger partial charge in [0.1, 0.15) is 0 Å². The summed E-state index contributed by atoms with van der Waals surface area (Å²) in [5.41, 5.74) is 2.25. The standard InChI is InChI=1S/C15H19BrClN/c1-9-4-13(16)15(7-14(9)17)18-8-12-6-10-2-3-11(12)5-10/h4,7,10-12,18H,2-3,5-6,8H2,1H3. The normalized spacial score (nSPS) is 29.8. The molecule has 0 spiro atoms. The monoisotopic (exact) mass is 327 g/mol. The zero-order valence-electron chi connectivity index (χ0n) is 10.7. The van der Waals surface area contributed by atoms with Crippen LogP contribution in [0.25, 0.3) is 0 Å². The first-order valence-electron chi connectivity index (χ1n) is 6.83. The highest BCUT2D eigenvalue weighted by Gasteiger charge is 2.39. The Morgan fingerprint density at radius 1 is 1.33 bits per heavy atom. The Kier molecular flexibility index (Phi) is 3.59. The highest BCUT2D eigenvalue weighted by atomic mass is 79.9. The van der Waals surface area contributed by atoms with Crippen LogP contribution in [0.15, 0.2) is 16.6 Å². The van der Waals surface area contributed by atoms with Gasteiger partial charge in [0.25, 0.3) is 0 Å². The lowest BCUT2D eigenvalue weighted by Gasteiger charge is -2.23. The van der Waals surface area contributed by atoms with Crippen LogP contribution in [-0.4, -0.2) is 6.54 Å². The zero-order chi connectivity index (χ0) is 12.7. The Balaban J connectivity index is 1.65. The van der Waals surface area contributed by atoms with Crippen molar-refractivity contribution in [2.75, 3.05) is 11.9 Å². The van der Waals surface area contributed by atoms with Gasteiger partial charge >= 0.3 is 0 Å². The zero-order valence-corrected chi connectivity index (χ0v) is 13.0. The van der Waals surface area contributed by atoms with Gasteiger partial charge in [0.2, 0.25) is 0 Å². The number of halogens is 2. The first-order valence-corrected chi connectivity index (χ1v) is 8.00. The third kappa shape index (κ3) is 2.42. The Morgan fingerprint density at radius 3 is 2.83 bits per heavy atom. The minimum atomic E-state index is 0.841. The number of hydrogen-bond donors (Lipinski definition) is 1. The van der Waals surface area contributed by atoms with Crippen molar-refractivity contribution in [3.63, 3.8) is 0 Å². The van der Waals surface area contributed by atoms with Crippen molar-refractivity contribution >= 4 is 33.2 Å². The van der Waals surface area contributed by atoms with E-state index < -0.39 is 0 Å². The van der Waals surface area contributed by atoms with E-state index in [9.17, 15) is 0 Å². The van der Waals surface area contributed by atoms with Gasteiger partial charge in [-0.15, -0.1) is 0 Å². The highest BCUT2D eigenvalue weighted by molar-refractivity contribution is 9.10. The van der Waals surface area contributed by atoms with Crippen molar-refractivity contribution in [3.8, 4) is 0 Å². The molecular formula is C15H19BrClN. The van der Waals surface area contributed by atoms with E-state index >= 15 is 0 Å². The molecule has 2 saturated carbocycles. The van der Waals surface area contributed by atoms with E-state index in [1.807, 2.05) is 13.0 Å². The van der Waals surface area contributed by atoms with Gasteiger partial charge in [0.15, 0.2) is 0 Å². The molecular weight excluding hydrogens is 310 g/mol. The molecule has 3 rings (SSSR count). The number of fused-ring (bicyclic) bond motifs is 2. The fourth-order valence-electron chi connectivity index (χ4n) is 3.65. The molecule has 1 aromatic carbocycles. The van der Waals surface area contributed by atoms with E-state index in [0.29, 0.717) is 0 Å². The first kappa shape index (κ1) is 12.8. The van der Waals surface area contributed by atoms with Crippen molar-refractivity contribution < 1.29 is 0 Å². The van der Waals surface area contributed by atoms with E-state index in [1.54, 1.807) is 0 Å². The van der Waals surface area contributed by atoms with Crippen molar-refractivity contribution in [2.24, 2.45) is 17.8 Å². The number of anilines is 1. The maximum atomic E-state index is 6.18. The largest absolute Gasteiger partial charge is 0.384 e. The predicted molar refractivity (Wildman–Crippen MR) is 81.3 cm³/mol. The van der Waals surface area contributed by atoms with Gasteiger partial charge in [0, 0.05) is 21.7 Å². The van der Waals surface area contributed by atoms with Crippen LogP contribution in [0, 0.1) is 24.7 Å². The molecule has 18 heavy (non-hydrogen) atoms. The molecule has 3 unspecified atom stereocenters. The lowest BCUT2D eigenvalue weighted by molar-refractivity contribution is 0.348. The maximum absolute atomic E-state index is 6.18. The van der Waals surface area contributed by atoms with Crippen LogP contribution in [-0.2, 0) is 0 Å². The van der Waals surface area contributed by atoms with Crippen molar-refractivity contribution in [1.82, 2.24) is 0 Å². The third-order valence-electron chi connectivity index (χ3n) is 4.69. The highest BCUT2D eigenvalue weighted by Crippen LogP contribution is 2.48. The quantitative estimate of drug-likeness (QED) is 0.798. The van der Waals surface area contributed by atoms with Crippen LogP contribution in [0.4, 0.5) is 5.69 Å². The molecule has 0 heterocycles. The van der Waals surface area contributed by atoms with E-state index in [0.717, 1.165) is 45.0 Å². The summed E-state index contributed by atoms with van der Waals surface area (Å²) in [6.07, 6.45) is 5.82. The minimum absolute atomic E-state index is 0.841. The fraction of sp³-hybridized carbons (Fsp3) is 0.600. The van der Waals surface area contributed by atoms with Crippen LogP contribution in [0.5, 0.6) is 0 Å². The molecule has 1 N–H and O–H groups in total. The van der Waals surface area contributed by atoms with Gasteiger partial charge in [-0.25, -0.2) is 0 Å². The molecule has 1 aromatic rings. The van der Waals surface area contributed by atoms with E-state index in [2.05, 4.69) is 27.3 Å². The van der Waals surface area contributed by atoms with Crippen LogP contribution in [0.2, 0.25) is 5.02 Å². The van der Waals surface area contributed by atoms with Gasteiger partial charge in [-0.2, -0.15) is 0 Å². The third-order valence-corrected chi connectivity index (χ3v) is 5.75. The summed E-state index contributed by atoms with van der Waals surface area (Å²) in [4.78, 5) is 0. The maximum Gasteiger partial charge on any atom is 0.0499 e. The number of rotatable bonds is 3. The predicted octanol–water partition coefficient (Wildman–Crippen LogP) is 5.26. The Bertz CT molecular complexity index is 460. The second-order valence-electron chi connectivity index (χ2n) is 5.90. The number of aryl methyl sites for hydroxylation is 1. The summed E-state index contributed by atoms with van der Waals surface area (Å²) < 4.78 is 1.12. The Hall–Kier alpha value is -0.210. The first-order chi connectivity index (χ1) is 8.63. The number of hydrogen-bond acceptors (Lipinski definition) is 1. The molecule has 0 radical (unpaired) electrons. The molecule has 2 fully saturated rings. The molecule has 2 bridgehead atoms. The molecule has 0 saturated heterocycles. The molecule has 1 nitrogen and oxygen atoms in total. The van der Waals surface area contributed by atoms with E-state index in [-0.39, 0.29) is 0 Å². The molecule has 98 valence electrons. The molecule has 2 aliphatic carbocycles. The van der Waals surface area contributed by atoms with Crippen LogP contribution in [0.3, 0.4) is 0 Å². The second kappa shape index (κ2) is 5.05. The van der Waals surface area contributed by atoms with Crippen molar-refractivity contribution in [2.45, 2.75) is 32.6 Å². The second-order valence-corrected chi connectivity index (χ2v) is 7.16. The SMILES string of the molecule is Cc1cc(Br)c(NCC2CC3CCC2C3)cc1Cl. The lowest BCUT2D eigenvalue weighted by Crippen LogP contribution is -2.20. The van der Waals surface area contributed by atoms with E-state index in [1.165, 1.54) is 25.7 Å². The lowest BCUT2D eigenvalue weighted by atomic mass is 9.89. The van der Waals surface area contributed by atoms with Crippen LogP contribution >= 0.6 is 27.5 Å². The van der Waals surface area contributed by atoms with Gasteiger partial charge in [-0.3, -0.25) is 0 Å². The summed E-state index contributed by atoms with van der Waals surface area (Å²) in [6, 6.07) is 4.12. The van der Waals surface area contributed by atoms with Crippen LogP contribution < -0.4 is 5.32 Å². The summed E-state index contributed by atoms with van der Waals surface area (Å²) in [5, 5.41) is 4.42. The summed E-state index contributed by atoms with van der Waals surface area (Å²) in [7, 11) is 0. The Morgan fingerprint density at radius 2 is 2.17 bits per heavy atom. The van der Waals surface area contributed by atoms with Crippen molar-refractivity contribution in [3.05, 3.63) is 27.2 Å². The summed E-state index contributed by atoms with van der Waals surface area (Å²) >= 11 is 9.79. The molecule has 3 heteroatoms. The molecule has 0 aliphatic heterocycles. The van der Waals surface area contributed by atoms with Gasteiger partial charge < -0.3 is 5.32 Å². The average molecular weight is 329 g/mol. The fourth-order valence-corrected chi connectivity index (χ4v) is 4.41. The Labute approximate surface area is 122 Å². The number of nitrogens with one attached hydrogen (secondary N) is 1. The topological polar surface area (TPSA) is 12.0 Å². The smallest absolute Gasteiger partial charge is 0.0499 e.